The average Bonchev–Trinajstić information content (AvgIpc) is 3.24. The van der Waals surface area contributed by atoms with Gasteiger partial charge in [0.05, 0.1) is 23.6 Å². The van der Waals surface area contributed by atoms with Gasteiger partial charge in [-0.25, -0.2) is 9.48 Å². The Labute approximate surface area is 177 Å². The van der Waals surface area contributed by atoms with Crippen molar-refractivity contribution in [1.82, 2.24) is 19.6 Å². The molecule has 0 aliphatic heterocycles. The van der Waals surface area contributed by atoms with Crippen LogP contribution in [0.5, 0.6) is 0 Å². The van der Waals surface area contributed by atoms with E-state index in [9.17, 15) is 14.7 Å². The molecule has 0 aliphatic carbocycles. The van der Waals surface area contributed by atoms with E-state index in [1.165, 1.54) is 16.9 Å². The number of carbonyl (C=O) groups is 2. The first-order valence-electron chi connectivity index (χ1n) is 8.74. The van der Waals surface area contributed by atoms with Gasteiger partial charge in [-0.15, -0.1) is 0 Å². The quantitative estimate of drug-likeness (QED) is 0.609. The van der Waals surface area contributed by atoms with Gasteiger partial charge in [0, 0.05) is 16.2 Å². The molecule has 1 aromatic carbocycles. The van der Waals surface area contributed by atoms with Crippen molar-refractivity contribution in [3.8, 4) is 0 Å². The molecule has 0 saturated carbocycles. The van der Waals surface area contributed by atoms with Crippen LogP contribution in [0.4, 0.5) is 5.69 Å². The van der Waals surface area contributed by atoms with Gasteiger partial charge in [-0.3, -0.25) is 9.48 Å². The summed E-state index contributed by atoms with van der Waals surface area (Å²) in [5, 5.41) is 21.6. The Bertz CT molecular complexity index is 1090. The SMILES string of the molecule is Cc1nn(Cc2ccc(Cl)cc2Cl)c(C)c1NC(=O)C(C)n1nccc1C(=O)O. The highest BCUT2D eigenvalue weighted by atomic mass is 35.5. The number of hydrogen-bond donors (Lipinski definition) is 2. The third kappa shape index (κ3) is 4.28. The van der Waals surface area contributed by atoms with E-state index in [2.05, 4.69) is 15.5 Å². The van der Waals surface area contributed by atoms with Crippen molar-refractivity contribution >= 4 is 40.8 Å². The number of carboxylic acid groups (broad SMARTS) is 1. The van der Waals surface area contributed by atoms with Crippen LogP contribution < -0.4 is 5.32 Å². The zero-order chi connectivity index (χ0) is 21.3. The second-order valence-corrected chi connectivity index (χ2v) is 7.41. The monoisotopic (exact) mass is 435 g/mol. The van der Waals surface area contributed by atoms with Gasteiger partial charge in [0.1, 0.15) is 11.7 Å². The molecule has 0 spiro atoms. The number of carbonyl (C=O) groups excluding carboxylic acids is 1. The van der Waals surface area contributed by atoms with Crippen molar-refractivity contribution in [2.24, 2.45) is 0 Å². The fourth-order valence-electron chi connectivity index (χ4n) is 2.97. The predicted molar refractivity (Wildman–Crippen MR) is 110 cm³/mol. The Balaban J connectivity index is 1.82. The highest BCUT2D eigenvalue weighted by Gasteiger charge is 2.23. The second kappa shape index (κ2) is 8.26. The van der Waals surface area contributed by atoms with Crippen LogP contribution >= 0.6 is 23.2 Å². The maximum absolute atomic E-state index is 12.7. The number of aromatic nitrogens is 4. The molecule has 152 valence electrons. The van der Waals surface area contributed by atoms with Gasteiger partial charge < -0.3 is 10.4 Å². The van der Waals surface area contributed by atoms with Crippen LogP contribution in [-0.2, 0) is 11.3 Å². The van der Waals surface area contributed by atoms with Gasteiger partial charge in [-0.05, 0) is 44.5 Å². The summed E-state index contributed by atoms with van der Waals surface area (Å²) in [6, 6.07) is 5.77. The molecule has 10 heteroatoms. The van der Waals surface area contributed by atoms with E-state index >= 15 is 0 Å². The van der Waals surface area contributed by atoms with Crippen LogP contribution in [-0.4, -0.2) is 36.5 Å². The number of nitrogens with one attached hydrogen (secondary N) is 1. The lowest BCUT2D eigenvalue weighted by Gasteiger charge is -2.14. The van der Waals surface area contributed by atoms with Crippen LogP contribution in [0.25, 0.3) is 0 Å². The normalized spacial score (nSPS) is 12.0. The number of carboxylic acids is 1. The summed E-state index contributed by atoms with van der Waals surface area (Å²) in [5.74, 6) is -1.55. The van der Waals surface area contributed by atoms with Gasteiger partial charge in [0.15, 0.2) is 0 Å². The Morgan fingerprint density at radius 3 is 2.62 bits per heavy atom. The molecule has 2 N–H and O–H groups in total. The van der Waals surface area contributed by atoms with Crippen LogP contribution in [0.15, 0.2) is 30.5 Å². The lowest BCUT2D eigenvalue weighted by molar-refractivity contribution is -0.119. The first kappa shape index (κ1) is 20.9. The fourth-order valence-corrected chi connectivity index (χ4v) is 3.44. The molecule has 3 aromatic rings. The Hall–Kier alpha value is -2.84. The molecule has 0 aliphatic rings. The average molecular weight is 436 g/mol. The van der Waals surface area contributed by atoms with Gasteiger partial charge >= 0.3 is 5.97 Å². The zero-order valence-electron chi connectivity index (χ0n) is 16.0. The molecule has 0 fully saturated rings. The van der Waals surface area contributed by atoms with E-state index in [0.29, 0.717) is 28.0 Å². The number of anilines is 1. The smallest absolute Gasteiger partial charge is 0.354 e. The summed E-state index contributed by atoms with van der Waals surface area (Å²) in [5.41, 5.74) is 2.72. The maximum Gasteiger partial charge on any atom is 0.354 e. The molecule has 8 nitrogen and oxygen atoms in total. The Kier molecular flexibility index (Phi) is 5.95. The summed E-state index contributed by atoms with van der Waals surface area (Å²) in [4.78, 5) is 24.0. The predicted octanol–water partition coefficient (Wildman–Crippen LogP) is 3.95. The van der Waals surface area contributed by atoms with Gasteiger partial charge in [-0.2, -0.15) is 10.2 Å². The van der Waals surface area contributed by atoms with E-state index in [4.69, 9.17) is 23.2 Å². The van der Waals surface area contributed by atoms with Crippen molar-refractivity contribution in [2.45, 2.75) is 33.4 Å². The topological polar surface area (TPSA) is 102 Å². The standard InChI is InChI=1S/C19H19Cl2N5O3/c1-10-17(23-18(27)12(3)26-16(19(28)29)6-7-22-26)11(2)25(24-10)9-13-4-5-14(20)8-15(13)21/h4-8,12H,9H2,1-3H3,(H,23,27)(H,28,29). The summed E-state index contributed by atoms with van der Waals surface area (Å²) < 4.78 is 2.90. The molecule has 3 rings (SSSR count). The van der Waals surface area contributed by atoms with Gasteiger partial charge in [0.2, 0.25) is 5.91 Å². The van der Waals surface area contributed by atoms with E-state index in [1.54, 1.807) is 30.7 Å². The van der Waals surface area contributed by atoms with Crippen molar-refractivity contribution in [3.63, 3.8) is 0 Å². The van der Waals surface area contributed by atoms with Gasteiger partial charge in [0.25, 0.3) is 0 Å². The molecule has 1 atom stereocenters. The number of rotatable bonds is 6. The highest BCUT2D eigenvalue weighted by Crippen LogP contribution is 2.25. The summed E-state index contributed by atoms with van der Waals surface area (Å²) >= 11 is 12.2. The molecule has 0 saturated heterocycles. The van der Waals surface area contributed by atoms with Crippen LogP contribution in [0, 0.1) is 13.8 Å². The molecular weight excluding hydrogens is 417 g/mol. The zero-order valence-corrected chi connectivity index (χ0v) is 17.5. The summed E-state index contributed by atoms with van der Waals surface area (Å²) in [6.45, 7) is 5.61. The lowest BCUT2D eigenvalue weighted by atomic mass is 10.2. The molecular formula is C19H19Cl2N5O3. The van der Waals surface area contributed by atoms with E-state index < -0.39 is 17.9 Å². The van der Waals surface area contributed by atoms with Gasteiger partial charge in [-0.1, -0.05) is 29.3 Å². The second-order valence-electron chi connectivity index (χ2n) is 6.57. The number of benzene rings is 1. The fraction of sp³-hybridized carbons (Fsp3) is 0.263. The third-order valence-electron chi connectivity index (χ3n) is 4.60. The molecule has 1 amide bonds. The van der Waals surface area contributed by atoms with Crippen LogP contribution in [0.3, 0.4) is 0 Å². The minimum Gasteiger partial charge on any atom is -0.477 e. The number of aromatic carboxylic acids is 1. The number of aryl methyl sites for hydroxylation is 1. The third-order valence-corrected chi connectivity index (χ3v) is 5.19. The molecule has 29 heavy (non-hydrogen) atoms. The minimum atomic E-state index is -1.15. The van der Waals surface area contributed by atoms with Crippen molar-refractivity contribution in [3.05, 3.63) is 63.2 Å². The van der Waals surface area contributed by atoms with Crippen molar-refractivity contribution < 1.29 is 14.7 Å². The van der Waals surface area contributed by atoms with E-state index in [0.717, 1.165) is 11.3 Å². The lowest BCUT2D eigenvalue weighted by Crippen LogP contribution is -2.27. The summed E-state index contributed by atoms with van der Waals surface area (Å²) in [7, 11) is 0. The maximum atomic E-state index is 12.7. The number of amides is 1. The van der Waals surface area contributed by atoms with Crippen molar-refractivity contribution in [2.75, 3.05) is 5.32 Å². The largest absolute Gasteiger partial charge is 0.477 e. The van der Waals surface area contributed by atoms with E-state index in [1.807, 2.05) is 13.0 Å². The molecule has 2 heterocycles. The first-order valence-corrected chi connectivity index (χ1v) is 9.50. The first-order chi connectivity index (χ1) is 13.7. The molecule has 2 aromatic heterocycles. The van der Waals surface area contributed by atoms with Crippen LogP contribution in [0.1, 0.15) is 40.4 Å². The Morgan fingerprint density at radius 2 is 1.97 bits per heavy atom. The number of halogens is 2. The van der Waals surface area contributed by atoms with Crippen LogP contribution in [0.2, 0.25) is 10.0 Å². The molecule has 1 unspecified atom stereocenters. The Morgan fingerprint density at radius 1 is 1.24 bits per heavy atom. The number of nitrogens with zero attached hydrogens (tertiary/aromatic N) is 4. The number of hydrogen-bond acceptors (Lipinski definition) is 4. The molecule has 0 radical (unpaired) electrons. The molecule has 0 bridgehead atoms. The highest BCUT2D eigenvalue weighted by molar-refractivity contribution is 6.35. The minimum absolute atomic E-state index is 0.0610. The summed E-state index contributed by atoms with van der Waals surface area (Å²) in [6.07, 6.45) is 1.34. The van der Waals surface area contributed by atoms with Crippen molar-refractivity contribution in [1.29, 1.82) is 0 Å². The van der Waals surface area contributed by atoms with E-state index in [-0.39, 0.29) is 5.69 Å².